The van der Waals surface area contributed by atoms with E-state index < -0.39 is 0 Å². The van der Waals surface area contributed by atoms with E-state index in [1.54, 1.807) is 0 Å². The van der Waals surface area contributed by atoms with Gasteiger partial charge in [0.05, 0.1) is 17.6 Å². The molecule has 0 saturated heterocycles. The molecular weight excluding hydrogens is 208 g/mol. The first-order valence-corrected chi connectivity index (χ1v) is 5.59. The summed E-state index contributed by atoms with van der Waals surface area (Å²) in [5, 5.41) is 1.21. The molecule has 3 aromatic rings. The smallest absolute Gasteiger partial charge is 0.0630 e. The standard InChI is InChI=1S/C15H12N2/c1-2-7-13(8-3-1)16-11-14-10-12-6-4-5-9-15(12)17-14/h1-11,17H. The van der Waals surface area contributed by atoms with Crippen molar-refractivity contribution in [2.75, 3.05) is 0 Å². The van der Waals surface area contributed by atoms with Crippen LogP contribution in [0.1, 0.15) is 5.69 Å². The maximum absolute atomic E-state index is 4.42. The maximum atomic E-state index is 4.42. The first-order chi connectivity index (χ1) is 8.42. The number of nitrogens with one attached hydrogen (secondary N) is 1. The number of aromatic amines is 1. The number of hydrogen-bond donors (Lipinski definition) is 1. The molecule has 0 radical (unpaired) electrons. The number of fused-ring (bicyclic) bond motifs is 1. The Bertz CT molecular complexity index is 618. The van der Waals surface area contributed by atoms with Crippen LogP contribution >= 0.6 is 0 Å². The maximum Gasteiger partial charge on any atom is 0.0630 e. The minimum Gasteiger partial charge on any atom is -0.354 e. The second-order valence-electron chi connectivity index (χ2n) is 3.91. The Balaban J connectivity index is 1.92. The lowest BCUT2D eigenvalue weighted by atomic mass is 10.2. The third-order valence-corrected chi connectivity index (χ3v) is 2.66. The van der Waals surface area contributed by atoms with Gasteiger partial charge in [-0.3, -0.25) is 4.99 Å². The zero-order chi connectivity index (χ0) is 11.5. The van der Waals surface area contributed by atoms with E-state index in [-0.39, 0.29) is 0 Å². The van der Waals surface area contributed by atoms with Gasteiger partial charge in [-0.1, -0.05) is 36.4 Å². The molecule has 1 heterocycles. The SMILES string of the molecule is C(=Nc1ccccc1)c1cc2ccccc2[nH]1. The van der Waals surface area contributed by atoms with Crippen LogP contribution in [-0.2, 0) is 0 Å². The summed E-state index contributed by atoms with van der Waals surface area (Å²) in [6, 6.07) is 20.2. The molecule has 0 spiro atoms. The molecule has 0 aliphatic heterocycles. The van der Waals surface area contributed by atoms with Crippen molar-refractivity contribution in [1.82, 2.24) is 4.98 Å². The van der Waals surface area contributed by atoms with Gasteiger partial charge in [0.1, 0.15) is 0 Å². The Morgan fingerprint density at radius 1 is 0.882 bits per heavy atom. The summed E-state index contributed by atoms with van der Waals surface area (Å²) in [7, 11) is 0. The Morgan fingerprint density at radius 2 is 1.65 bits per heavy atom. The van der Waals surface area contributed by atoms with Gasteiger partial charge in [0.15, 0.2) is 0 Å². The van der Waals surface area contributed by atoms with Crippen molar-refractivity contribution in [2.45, 2.75) is 0 Å². The highest BCUT2D eigenvalue weighted by molar-refractivity contribution is 5.90. The number of hydrogen-bond acceptors (Lipinski definition) is 1. The molecule has 0 unspecified atom stereocenters. The number of H-pyrrole nitrogens is 1. The van der Waals surface area contributed by atoms with Gasteiger partial charge in [0.25, 0.3) is 0 Å². The van der Waals surface area contributed by atoms with Crippen LogP contribution in [0.5, 0.6) is 0 Å². The van der Waals surface area contributed by atoms with Gasteiger partial charge in [0, 0.05) is 10.9 Å². The van der Waals surface area contributed by atoms with Gasteiger partial charge >= 0.3 is 0 Å². The molecule has 0 aliphatic carbocycles. The Morgan fingerprint density at radius 3 is 2.47 bits per heavy atom. The normalized spacial score (nSPS) is 11.3. The van der Waals surface area contributed by atoms with Crippen molar-refractivity contribution in [1.29, 1.82) is 0 Å². The summed E-state index contributed by atoms with van der Waals surface area (Å²) < 4.78 is 0. The number of aromatic nitrogens is 1. The van der Waals surface area contributed by atoms with E-state index in [0.29, 0.717) is 0 Å². The summed E-state index contributed by atoms with van der Waals surface area (Å²) >= 11 is 0. The molecule has 1 aromatic heterocycles. The lowest BCUT2D eigenvalue weighted by molar-refractivity contribution is 1.42. The zero-order valence-corrected chi connectivity index (χ0v) is 9.30. The van der Waals surface area contributed by atoms with E-state index in [0.717, 1.165) is 16.9 Å². The lowest BCUT2D eigenvalue weighted by Gasteiger charge is -1.90. The largest absolute Gasteiger partial charge is 0.354 e. The van der Waals surface area contributed by atoms with E-state index >= 15 is 0 Å². The number of aliphatic imine (C=N–C) groups is 1. The summed E-state index contributed by atoms with van der Waals surface area (Å²) in [4.78, 5) is 7.73. The molecule has 0 aliphatic rings. The average Bonchev–Trinajstić information content (AvgIpc) is 2.80. The topological polar surface area (TPSA) is 28.1 Å². The molecule has 0 fully saturated rings. The third-order valence-electron chi connectivity index (χ3n) is 2.66. The number of benzene rings is 2. The van der Waals surface area contributed by atoms with E-state index in [1.807, 2.05) is 48.7 Å². The Labute approximate surface area is 99.6 Å². The first-order valence-electron chi connectivity index (χ1n) is 5.59. The highest BCUT2D eigenvalue weighted by Crippen LogP contribution is 2.14. The van der Waals surface area contributed by atoms with Gasteiger partial charge in [-0.15, -0.1) is 0 Å². The summed E-state index contributed by atoms with van der Waals surface area (Å²) in [6.45, 7) is 0. The molecule has 3 rings (SSSR count). The summed E-state index contributed by atoms with van der Waals surface area (Å²) in [5.41, 5.74) is 3.13. The molecule has 17 heavy (non-hydrogen) atoms. The monoisotopic (exact) mass is 220 g/mol. The zero-order valence-electron chi connectivity index (χ0n) is 9.30. The van der Waals surface area contributed by atoms with Crippen molar-refractivity contribution in [3.63, 3.8) is 0 Å². The van der Waals surface area contributed by atoms with Crippen LogP contribution in [0, 0.1) is 0 Å². The minimum absolute atomic E-state index is 0.964. The fourth-order valence-corrected chi connectivity index (χ4v) is 1.82. The highest BCUT2D eigenvalue weighted by atomic mass is 14.8. The molecular formula is C15H12N2. The molecule has 0 saturated carbocycles. The van der Waals surface area contributed by atoms with Crippen LogP contribution in [0.3, 0.4) is 0 Å². The van der Waals surface area contributed by atoms with Crippen molar-refractivity contribution in [3.8, 4) is 0 Å². The summed E-state index contributed by atoms with van der Waals surface area (Å²) in [6.07, 6.45) is 1.86. The lowest BCUT2D eigenvalue weighted by Crippen LogP contribution is -1.78. The van der Waals surface area contributed by atoms with Crippen molar-refractivity contribution in [3.05, 3.63) is 66.4 Å². The summed E-state index contributed by atoms with van der Waals surface area (Å²) in [5.74, 6) is 0. The minimum atomic E-state index is 0.964. The van der Waals surface area contributed by atoms with Gasteiger partial charge in [-0.2, -0.15) is 0 Å². The van der Waals surface area contributed by atoms with Crippen LogP contribution in [0.25, 0.3) is 10.9 Å². The first kappa shape index (κ1) is 9.85. The van der Waals surface area contributed by atoms with Gasteiger partial charge < -0.3 is 4.98 Å². The predicted molar refractivity (Wildman–Crippen MR) is 72.0 cm³/mol. The average molecular weight is 220 g/mol. The van der Waals surface area contributed by atoms with Crippen molar-refractivity contribution in [2.24, 2.45) is 4.99 Å². The van der Waals surface area contributed by atoms with Crippen LogP contribution < -0.4 is 0 Å². The van der Waals surface area contributed by atoms with Crippen LogP contribution in [0.15, 0.2) is 65.7 Å². The molecule has 1 N–H and O–H groups in total. The highest BCUT2D eigenvalue weighted by Gasteiger charge is 1.96. The second-order valence-corrected chi connectivity index (χ2v) is 3.91. The molecule has 0 amide bonds. The number of nitrogens with zero attached hydrogens (tertiary/aromatic N) is 1. The molecule has 2 nitrogen and oxygen atoms in total. The third kappa shape index (κ3) is 2.11. The van der Waals surface area contributed by atoms with Gasteiger partial charge in [-0.25, -0.2) is 0 Å². The fourth-order valence-electron chi connectivity index (χ4n) is 1.82. The van der Waals surface area contributed by atoms with E-state index in [1.165, 1.54) is 5.39 Å². The number of rotatable bonds is 2. The molecule has 2 aromatic carbocycles. The quantitative estimate of drug-likeness (QED) is 0.634. The van der Waals surface area contributed by atoms with Crippen LogP contribution in [0.4, 0.5) is 5.69 Å². The fraction of sp³-hybridized carbons (Fsp3) is 0. The molecule has 0 atom stereocenters. The van der Waals surface area contributed by atoms with Gasteiger partial charge in [-0.05, 0) is 24.3 Å². The molecule has 82 valence electrons. The van der Waals surface area contributed by atoms with Crippen molar-refractivity contribution < 1.29 is 0 Å². The van der Waals surface area contributed by atoms with E-state index in [9.17, 15) is 0 Å². The van der Waals surface area contributed by atoms with E-state index in [4.69, 9.17) is 0 Å². The second kappa shape index (κ2) is 4.26. The number of para-hydroxylation sites is 2. The predicted octanol–water partition coefficient (Wildman–Crippen LogP) is 3.92. The molecule has 2 heteroatoms. The molecule has 0 bridgehead atoms. The van der Waals surface area contributed by atoms with Crippen LogP contribution in [0.2, 0.25) is 0 Å². The Kier molecular flexibility index (Phi) is 2.47. The van der Waals surface area contributed by atoms with E-state index in [2.05, 4.69) is 28.2 Å². The van der Waals surface area contributed by atoms with Gasteiger partial charge in [0.2, 0.25) is 0 Å². The Hall–Kier alpha value is -2.35. The van der Waals surface area contributed by atoms with Crippen LogP contribution in [-0.4, -0.2) is 11.2 Å². The van der Waals surface area contributed by atoms with Crippen molar-refractivity contribution >= 4 is 22.8 Å².